The van der Waals surface area contributed by atoms with Crippen LogP contribution < -0.4 is 5.32 Å². The van der Waals surface area contributed by atoms with Gasteiger partial charge in [-0.3, -0.25) is 0 Å². The Morgan fingerprint density at radius 1 is 1.42 bits per heavy atom. The van der Waals surface area contributed by atoms with Crippen LogP contribution in [0.15, 0.2) is 22.7 Å². The van der Waals surface area contributed by atoms with Gasteiger partial charge in [0.15, 0.2) is 0 Å². The maximum atomic E-state index is 9.21. The van der Waals surface area contributed by atoms with Gasteiger partial charge in [-0.2, -0.15) is 5.26 Å². The van der Waals surface area contributed by atoms with Crippen LogP contribution >= 0.6 is 15.9 Å². The van der Waals surface area contributed by atoms with Gasteiger partial charge in [-0.25, -0.2) is 0 Å². The minimum Gasteiger partial charge on any atom is -0.381 e. The second-order valence-corrected chi connectivity index (χ2v) is 5.89. The first kappa shape index (κ1) is 14.4. The van der Waals surface area contributed by atoms with Gasteiger partial charge < -0.3 is 10.2 Å². The monoisotopic (exact) mass is 321 g/mol. The quantitative estimate of drug-likeness (QED) is 0.920. The number of anilines is 1. The number of likely N-dealkylation sites (tertiary alicyclic amines) is 1. The highest BCUT2D eigenvalue weighted by atomic mass is 79.9. The Labute approximate surface area is 123 Å². The molecule has 1 aromatic rings. The van der Waals surface area contributed by atoms with E-state index in [-0.39, 0.29) is 0 Å². The van der Waals surface area contributed by atoms with Crippen molar-refractivity contribution in [2.45, 2.75) is 32.2 Å². The Morgan fingerprint density at radius 2 is 2.16 bits per heavy atom. The second kappa shape index (κ2) is 6.93. The molecule has 0 unspecified atom stereocenters. The predicted octanol–water partition coefficient (Wildman–Crippen LogP) is 3.61. The number of rotatable bonds is 4. The van der Waals surface area contributed by atoms with E-state index in [0.29, 0.717) is 11.6 Å². The van der Waals surface area contributed by atoms with E-state index >= 15 is 0 Å². The molecule has 0 spiro atoms. The number of hydrogen-bond donors (Lipinski definition) is 1. The summed E-state index contributed by atoms with van der Waals surface area (Å²) in [6, 6.07) is 8.61. The van der Waals surface area contributed by atoms with Crippen molar-refractivity contribution in [1.82, 2.24) is 4.90 Å². The molecule has 1 aliphatic heterocycles. The van der Waals surface area contributed by atoms with E-state index in [1.165, 1.54) is 13.0 Å². The Morgan fingerprint density at radius 3 is 2.79 bits per heavy atom. The molecular formula is C15H20BrN3. The lowest BCUT2D eigenvalue weighted by molar-refractivity contribution is 0.219. The lowest BCUT2D eigenvalue weighted by Crippen LogP contribution is -2.39. The summed E-state index contributed by atoms with van der Waals surface area (Å²) in [4.78, 5) is 2.52. The molecule has 0 aromatic heterocycles. The van der Waals surface area contributed by atoms with Gasteiger partial charge >= 0.3 is 0 Å². The maximum Gasteiger partial charge on any atom is 0.103 e. The molecule has 4 heteroatoms. The van der Waals surface area contributed by atoms with Crippen LogP contribution in [-0.4, -0.2) is 30.6 Å². The summed E-state index contributed by atoms with van der Waals surface area (Å²) in [6.07, 6.45) is 3.52. The fourth-order valence-corrected chi connectivity index (χ4v) is 3.05. The molecule has 1 N–H and O–H groups in total. The molecule has 1 fully saturated rings. The van der Waals surface area contributed by atoms with Gasteiger partial charge in [-0.05, 0) is 53.9 Å². The third-order valence-electron chi connectivity index (χ3n) is 3.61. The fraction of sp³-hybridized carbons (Fsp3) is 0.533. The van der Waals surface area contributed by atoms with E-state index in [4.69, 9.17) is 0 Å². The number of benzene rings is 1. The molecular weight excluding hydrogens is 302 g/mol. The number of nitrogens with one attached hydrogen (secondary N) is 1. The zero-order valence-corrected chi connectivity index (χ0v) is 12.9. The van der Waals surface area contributed by atoms with Crippen LogP contribution in [0.4, 0.5) is 5.69 Å². The van der Waals surface area contributed by atoms with Gasteiger partial charge in [0.2, 0.25) is 0 Å². The van der Waals surface area contributed by atoms with Crippen LogP contribution in [-0.2, 0) is 0 Å². The van der Waals surface area contributed by atoms with E-state index < -0.39 is 0 Å². The van der Waals surface area contributed by atoms with Crippen molar-refractivity contribution in [3.05, 3.63) is 28.2 Å². The number of hydrogen-bond acceptors (Lipinski definition) is 3. The van der Waals surface area contributed by atoms with E-state index in [2.05, 4.69) is 39.1 Å². The molecule has 1 saturated heterocycles. The van der Waals surface area contributed by atoms with Crippen LogP contribution in [0.3, 0.4) is 0 Å². The maximum absolute atomic E-state index is 9.21. The average molecular weight is 322 g/mol. The van der Waals surface area contributed by atoms with E-state index in [1.54, 1.807) is 0 Å². The van der Waals surface area contributed by atoms with Crippen molar-refractivity contribution >= 4 is 21.6 Å². The van der Waals surface area contributed by atoms with Crippen molar-refractivity contribution < 1.29 is 0 Å². The van der Waals surface area contributed by atoms with Crippen LogP contribution in [0.1, 0.15) is 31.7 Å². The number of piperidine rings is 1. The van der Waals surface area contributed by atoms with Gasteiger partial charge in [0.1, 0.15) is 6.07 Å². The molecule has 0 bridgehead atoms. The van der Waals surface area contributed by atoms with Crippen LogP contribution in [0.25, 0.3) is 0 Å². The fourth-order valence-electron chi connectivity index (χ4n) is 2.60. The molecule has 1 aromatic carbocycles. The first-order chi connectivity index (χ1) is 9.24. The van der Waals surface area contributed by atoms with Crippen molar-refractivity contribution in [2.24, 2.45) is 0 Å². The summed E-state index contributed by atoms with van der Waals surface area (Å²) in [7, 11) is 0. The molecule has 3 nitrogen and oxygen atoms in total. The molecule has 102 valence electrons. The molecule has 2 rings (SSSR count). The third kappa shape index (κ3) is 3.71. The molecule has 0 saturated carbocycles. The summed E-state index contributed by atoms with van der Waals surface area (Å²) in [5.41, 5.74) is 1.66. The second-order valence-electron chi connectivity index (χ2n) is 5.03. The van der Waals surface area contributed by atoms with Crippen molar-refractivity contribution in [2.75, 3.05) is 25.0 Å². The minimum absolute atomic E-state index is 0.481. The van der Waals surface area contributed by atoms with Gasteiger partial charge in [-0.1, -0.05) is 13.0 Å². The highest BCUT2D eigenvalue weighted by Crippen LogP contribution is 2.26. The highest BCUT2D eigenvalue weighted by molar-refractivity contribution is 9.10. The molecule has 19 heavy (non-hydrogen) atoms. The first-order valence-corrected chi connectivity index (χ1v) is 7.71. The molecule has 0 amide bonds. The molecule has 1 aliphatic rings. The van der Waals surface area contributed by atoms with Crippen molar-refractivity contribution in [3.63, 3.8) is 0 Å². The van der Waals surface area contributed by atoms with Gasteiger partial charge in [0.05, 0.1) is 11.3 Å². The standard InChI is InChI=1S/C15H20BrN3/c1-2-8-19-9-6-12(7-10-19)18-15-5-3-4-14(16)13(15)11-17/h3-5,12,18H,2,6-10H2,1H3. The highest BCUT2D eigenvalue weighted by Gasteiger charge is 2.19. The van der Waals surface area contributed by atoms with Crippen LogP contribution in [0, 0.1) is 11.3 Å². The summed E-state index contributed by atoms with van der Waals surface area (Å²) < 4.78 is 0.864. The van der Waals surface area contributed by atoms with E-state index in [1.807, 2.05) is 18.2 Å². The summed E-state index contributed by atoms with van der Waals surface area (Å²) in [6.45, 7) is 5.74. The van der Waals surface area contributed by atoms with Gasteiger partial charge in [-0.15, -0.1) is 0 Å². The Balaban J connectivity index is 1.96. The topological polar surface area (TPSA) is 39.1 Å². The van der Waals surface area contributed by atoms with Crippen LogP contribution in [0.2, 0.25) is 0 Å². The van der Waals surface area contributed by atoms with Crippen LogP contribution in [0.5, 0.6) is 0 Å². The summed E-state index contributed by atoms with van der Waals surface area (Å²) >= 11 is 3.43. The first-order valence-electron chi connectivity index (χ1n) is 6.92. The SMILES string of the molecule is CCCN1CCC(Nc2cccc(Br)c2C#N)CC1. The number of nitrogens with zero attached hydrogens (tertiary/aromatic N) is 2. The van der Waals surface area contributed by atoms with E-state index in [9.17, 15) is 5.26 Å². The summed E-state index contributed by atoms with van der Waals surface area (Å²) in [5.74, 6) is 0. The zero-order chi connectivity index (χ0) is 13.7. The third-order valence-corrected chi connectivity index (χ3v) is 4.27. The predicted molar refractivity (Wildman–Crippen MR) is 82.2 cm³/mol. The molecule has 0 radical (unpaired) electrons. The van der Waals surface area contributed by atoms with Gasteiger partial charge in [0, 0.05) is 23.6 Å². The Bertz CT molecular complexity index is 459. The lowest BCUT2D eigenvalue weighted by atomic mass is 10.0. The lowest BCUT2D eigenvalue weighted by Gasteiger charge is -2.32. The molecule has 0 aliphatic carbocycles. The number of halogens is 1. The Hall–Kier alpha value is -1.05. The van der Waals surface area contributed by atoms with Crippen molar-refractivity contribution in [1.29, 1.82) is 5.26 Å². The zero-order valence-electron chi connectivity index (χ0n) is 11.3. The smallest absolute Gasteiger partial charge is 0.103 e. The average Bonchev–Trinajstić information content (AvgIpc) is 2.42. The Kier molecular flexibility index (Phi) is 5.24. The largest absolute Gasteiger partial charge is 0.381 e. The van der Waals surface area contributed by atoms with E-state index in [0.717, 1.165) is 36.1 Å². The normalized spacial score (nSPS) is 17.1. The molecule has 0 atom stereocenters. The van der Waals surface area contributed by atoms with Gasteiger partial charge in [0.25, 0.3) is 0 Å². The molecule has 1 heterocycles. The minimum atomic E-state index is 0.481. The summed E-state index contributed by atoms with van der Waals surface area (Å²) in [5, 5.41) is 12.7. The van der Waals surface area contributed by atoms with Crippen molar-refractivity contribution in [3.8, 4) is 6.07 Å². The number of nitriles is 1.